The lowest BCUT2D eigenvalue weighted by Gasteiger charge is -2.06. The van der Waals surface area contributed by atoms with Gasteiger partial charge >= 0.3 is 5.97 Å². The predicted molar refractivity (Wildman–Crippen MR) is 72.2 cm³/mol. The molecule has 0 fully saturated rings. The maximum absolute atomic E-state index is 11.6. The van der Waals surface area contributed by atoms with Crippen LogP contribution in [0.25, 0.3) is 0 Å². The summed E-state index contributed by atoms with van der Waals surface area (Å²) in [6.45, 7) is 1.49. The van der Waals surface area contributed by atoms with Crippen molar-refractivity contribution < 1.29 is 19.2 Å². The number of esters is 1. The standard InChI is InChI=1S/C13H16N2O5/c1-2-3-8-13(17)20-9-12(16)14-10-6-4-5-7-11(10)15(18)19/h4-7H,2-3,8-9H2,1H3,(H,14,16). The molecule has 0 aliphatic heterocycles. The highest BCUT2D eigenvalue weighted by Gasteiger charge is 2.15. The average molecular weight is 280 g/mol. The molecule has 20 heavy (non-hydrogen) atoms. The van der Waals surface area contributed by atoms with Gasteiger partial charge in [0.25, 0.3) is 11.6 Å². The maximum Gasteiger partial charge on any atom is 0.306 e. The van der Waals surface area contributed by atoms with Gasteiger partial charge in [-0.1, -0.05) is 25.5 Å². The highest BCUT2D eigenvalue weighted by molar-refractivity contribution is 5.94. The van der Waals surface area contributed by atoms with Crippen molar-refractivity contribution in [1.29, 1.82) is 0 Å². The molecule has 0 atom stereocenters. The van der Waals surface area contributed by atoms with Crippen LogP contribution in [0.2, 0.25) is 0 Å². The van der Waals surface area contributed by atoms with Crippen LogP contribution in [-0.4, -0.2) is 23.4 Å². The first-order valence-electron chi connectivity index (χ1n) is 6.23. The van der Waals surface area contributed by atoms with Crippen LogP contribution in [0.15, 0.2) is 24.3 Å². The van der Waals surface area contributed by atoms with Crippen LogP contribution in [0.5, 0.6) is 0 Å². The zero-order valence-electron chi connectivity index (χ0n) is 11.1. The Morgan fingerprint density at radius 2 is 2.05 bits per heavy atom. The van der Waals surface area contributed by atoms with Crippen LogP contribution in [-0.2, 0) is 14.3 Å². The number of rotatable bonds is 7. The fraction of sp³-hybridized carbons (Fsp3) is 0.385. The minimum atomic E-state index is -0.607. The Hall–Kier alpha value is -2.44. The van der Waals surface area contributed by atoms with Gasteiger partial charge < -0.3 is 10.1 Å². The molecule has 7 heteroatoms. The van der Waals surface area contributed by atoms with Crippen molar-refractivity contribution in [3.8, 4) is 0 Å². The van der Waals surface area contributed by atoms with Gasteiger partial charge in [-0.2, -0.15) is 0 Å². The number of nitrogens with one attached hydrogen (secondary N) is 1. The Bertz CT molecular complexity index is 501. The number of unbranched alkanes of at least 4 members (excludes halogenated alkanes) is 1. The summed E-state index contributed by atoms with van der Waals surface area (Å²) in [5.41, 5.74) is -0.134. The minimum absolute atomic E-state index is 0.0760. The number of hydrogen-bond donors (Lipinski definition) is 1. The SMILES string of the molecule is CCCCC(=O)OCC(=O)Nc1ccccc1[N+](=O)[O-]. The third-order valence-corrected chi connectivity index (χ3v) is 2.47. The summed E-state index contributed by atoms with van der Waals surface area (Å²) in [5.74, 6) is -1.06. The molecule has 0 heterocycles. The molecule has 1 aromatic rings. The Morgan fingerprint density at radius 3 is 2.70 bits per heavy atom. The number of hydrogen-bond acceptors (Lipinski definition) is 5. The van der Waals surface area contributed by atoms with Crippen LogP contribution in [0.1, 0.15) is 26.2 Å². The Labute approximate surface area is 116 Å². The number of carbonyl (C=O) groups excluding carboxylic acids is 2. The van der Waals surface area contributed by atoms with Gasteiger partial charge in [-0.25, -0.2) is 0 Å². The average Bonchev–Trinajstić information content (AvgIpc) is 2.43. The summed E-state index contributed by atoms with van der Waals surface area (Å²) in [6, 6.07) is 5.76. The quantitative estimate of drug-likeness (QED) is 0.469. The molecule has 1 amide bonds. The highest BCUT2D eigenvalue weighted by Crippen LogP contribution is 2.22. The van der Waals surface area contributed by atoms with E-state index in [2.05, 4.69) is 5.32 Å². The lowest BCUT2D eigenvalue weighted by Crippen LogP contribution is -2.21. The molecule has 0 unspecified atom stereocenters. The number of benzene rings is 1. The molecule has 0 bridgehead atoms. The molecule has 0 aromatic heterocycles. The van der Waals surface area contributed by atoms with Crippen molar-refractivity contribution in [2.75, 3.05) is 11.9 Å². The molecular weight excluding hydrogens is 264 g/mol. The highest BCUT2D eigenvalue weighted by atomic mass is 16.6. The molecule has 108 valence electrons. The first kappa shape index (κ1) is 15.6. The number of nitro groups is 1. The van der Waals surface area contributed by atoms with Gasteiger partial charge in [0.15, 0.2) is 6.61 Å². The second-order valence-corrected chi connectivity index (χ2v) is 4.09. The fourth-order valence-electron chi connectivity index (χ4n) is 1.46. The van der Waals surface area contributed by atoms with E-state index in [4.69, 9.17) is 4.74 Å². The van der Waals surface area contributed by atoms with Crippen molar-refractivity contribution >= 4 is 23.3 Å². The largest absolute Gasteiger partial charge is 0.456 e. The number of anilines is 1. The molecule has 1 aromatic carbocycles. The van der Waals surface area contributed by atoms with Gasteiger partial charge in [0, 0.05) is 12.5 Å². The molecule has 0 aliphatic rings. The number of amides is 1. The normalized spacial score (nSPS) is 9.85. The molecule has 0 saturated carbocycles. The molecule has 0 radical (unpaired) electrons. The number of nitro benzene ring substituents is 1. The van der Waals surface area contributed by atoms with Crippen LogP contribution in [0.4, 0.5) is 11.4 Å². The van der Waals surface area contributed by atoms with Gasteiger partial charge in [0.1, 0.15) is 5.69 Å². The summed E-state index contributed by atoms with van der Waals surface area (Å²) >= 11 is 0. The van der Waals surface area contributed by atoms with Gasteiger partial charge in [0.05, 0.1) is 4.92 Å². The van der Waals surface area contributed by atoms with E-state index >= 15 is 0 Å². The zero-order valence-corrected chi connectivity index (χ0v) is 11.1. The monoisotopic (exact) mass is 280 g/mol. The third kappa shape index (κ3) is 5.05. The predicted octanol–water partition coefficient (Wildman–Crippen LogP) is 2.27. The second-order valence-electron chi connectivity index (χ2n) is 4.09. The van der Waals surface area contributed by atoms with Crippen molar-refractivity contribution in [1.82, 2.24) is 0 Å². The van der Waals surface area contributed by atoms with Gasteiger partial charge in [-0.3, -0.25) is 19.7 Å². The lowest BCUT2D eigenvalue weighted by molar-refractivity contribution is -0.383. The van der Waals surface area contributed by atoms with Crippen molar-refractivity contribution in [3.63, 3.8) is 0 Å². The molecular formula is C13H16N2O5. The van der Waals surface area contributed by atoms with E-state index in [9.17, 15) is 19.7 Å². The Morgan fingerprint density at radius 1 is 1.35 bits per heavy atom. The molecule has 0 spiro atoms. The molecule has 0 saturated heterocycles. The van der Waals surface area contributed by atoms with E-state index in [1.54, 1.807) is 6.07 Å². The van der Waals surface area contributed by atoms with Crippen molar-refractivity contribution in [2.45, 2.75) is 26.2 Å². The van der Waals surface area contributed by atoms with E-state index in [0.717, 1.165) is 6.42 Å². The first-order chi connectivity index (χ1) is 9.54. The van der Waals surface area contributed by atoms with Gasteiger partial charge in [-0.15, -0.1) is 0 Å². The first-order valence-corrected chi connectivity index (χ1v) is 6.23. The summed E-state index contributed by atoms with van der Waals surface area (Å²) in [4.78, 5) is 32.9. The summed E-state index contributed by atoms with van der Waals surface area (Å²) in [7, 11) is 0. The van der Waals surface area contributed by atoms with Crippen LogP contribution >= 0.6 is 0 Å². The third-order valence-electron chi connectivity index (χ3n) is 2.47. The topological polar surface area (TPSA) is 98.5 Å². The van der Waals surface area contributed by atoms with Crippen molar-refractivity contribution in [2.24, 2.45) is 0 Å². The van der Waals surface area contributed by atoms with Gasteiger partial charge in [-0.05, 0) is 12.5 Å². The summed E-state index contributed by atoms with van der Waals surface area (Å²) in [6.07, 6.45) is 1.82. The Kier molecular flexibility index (Phi) is 6.15. The zero-order chi connectivity index (χ0) is 15.0. The number of para-hydroxylation sites is 2. The van der Waals surface area contributed by atoms with Crippen LogP contribution in [0.3, 0.4) is 0 Å². The Balaban J connectivity index is 2.51. The fourth-order valence-corrected chi connectivity index (χ4v) is 1.46. The van der Waals surface area contributed by atoms with E-state index in [-0.39, 0.29) is 17.8 Å². The second kappa shape index (κ2) is 7.88. The number of nitrogens with zero attached hydrogens (tertiary/aromatic N) is 1. The minimum Gasteiger partial charge on any atom is -0.456 e. The van der Waals surface area contributed by atoms with E-state index in [1.807, 2.05) is 6.92 Å². The maximum atomic E-state index is 11.6. The molecule has 7 nitrogen and oxygen atoms in total. The molecule has 1 N–H and O–H groups in total. The van der Waals surface area contributed by atoms with Crippen molar-refractivity contribution in [3.05, 3.63) is 34.4 Å². The van der Waals surface area contributed by atoms with E-state index in [0.29, 0.717) is 6.42 Å². The molecule has 0 aliphatic carbocycles. The molecule has 1 rings (SSSR count). The summed E-state index contributed by atoms with van der Waals surface area (Å²) < 4.78 is 4.76. The van der Waals surface area contributed by atoms with E-state index < -0.39 is 23.4 Å². The number of carbonyl (C=O) groups is 2. The summed E-state index contributed by atoms with van der Waals surface area (Å²) in [5, 5.41) is 13.1. The lowest BCUT2D eigenvalue weighted by atomic mass is 10.2. The van der Waals surface area contributed by atoms with Crippen LogP contribution < -0.4 is 5.32 Å². The number of ether oxygens (including phenoxy) is 1. The van der Waals surface area contributed by atoms with Crippen LogP contribution in [0, 0.1) is 10.1 Å². The van der Waals surface area contributed by atoms with E-state index in [1.165, 1.54) is 18.2 Å². The smallest absolute Gasteiger partial charge is 0.306 e. The van der Waals surface area contributed by atoms with Gasteiger partial charge in [0.2, 0.25) is 0 Å².